The average molecular weight is 374 g/mol. The van der Waals surface area contributed by atoms with Gasteiger partial charge in [0, 0.05) is 27.1 Å². The number of hydrogen-bond donors (Lipinski definition) is 1. The monoisotopic (exact) mass is 373 g/mol. The predicted octanol–water partition coefficient (Wildman–Crippen LogP) is 4.85. The molecule has 1 aromatic carbocycles. The second-order valence-corrected chi connectivity index (χ2v) is 5.19. The molecule has 0 bridgehead atoms. The first-order valence-electron chi connectivity index (χ1n) is 5.46. The smallest absolute Gasteiger partial charge is 0.360 e. The van der Waals surface area contributed by atoms with Crippen LogP contribution in [0.25, 0.3) is 10.9 Å². The quantitative estimate of drug-likeness (QED) is 0.592. The third-order valence-electron chi connectivity index (χ3n) is 2.83. The van der Waals surface area contributed by atoms with Gasteiger partial charge in [-0.2, -0.15) is 26.3 Å². The Morgan fingerprint density at radius 2 is 1.67 bits per heavy atom. The van der Waals surface area contributed by atoms with Gasteiger partial charge in [0.1, 0.15) is 0 Å². The van der Waals surface area contributed by atoms with Crippen molar-refractivity contribution in [2.45, 2.75) is 12.4 Å². The minimum Gasteiger partial charge on any atom is -0.360 e. The fraction of sp³-hybridized carbons (Fsp3) is 0.250. The lowest BCUT2D eigenvalue weighted by Crippen LogP contribution is -2.42. The Hall–Kier alpha value is -1.51. The van der Waals surface area contributed by atoms with Crippen molar-refractivity contribution in [3.8, 4) is 0 Å². The molecule has 0 unspecified atom stereocenters. The van der Waals surface area contributed by atoms with E-state index >= 15 is 0 Å². The third-order valence-corrected chi connectivity index (χ3v) is 3.32. The fourth-order valence-electron chi connectivity index (χ4n) is 1.94. The summed E-state index contributed by atoms with van der Waals surface area (Å²) in [5, 5.41) is -0.00660. The van der Waals surface area contributed by atoms with Crippen molar-refractivity contribution in [1.29, 1.82) is 0 Å². The number of rotatable bonds is 2. The molecule has 0 aliphatic heterocycles. The van der Waals surface area contributed by atoms with Crippen LogP contribution in [-0.2, 0) is 0 Å². The zero-order chi connectivity index (χ0) is 16.0. The van der Waals surface area contributed by atoms with E-state index in [0.717, 1.165) is 6.20 Å². The summed E-state index contributed by atoms with van der Waals surface area (Å²) in [5.41, 5.74) is -0.379. The summed E-state index contributed by atoms with van der Waals surface area (Å²) < 4.78 is 75.9. The molecule has 1 aromatic heterocycles. The lowest BCUT2D eigenvalue weighted by molar-refractivity contribution is -0.264. The van der Waals surface area contributed by atoms with Gasteiger partial charge in [-0.3, -0.25) is 4.79 Å². The summed E-state index contributed by atoms with van der Waals surface area (Å²) in [6.07, 6.45) is -10.6. The molecule has 0 aliphatic carbocycles. The molecule has 0 saturated carbocycles. The van der Waals surface area contributed by atoms with Crippen LogP contribution in [0.1, 0.15) is 10.4 Å². The highest BCUT2D eigenvalue weighted by Gasteiger charge is 2.61. The van der Waals surface area contributed by atoms with Gasteiger partial charge in [0.2, 0.25) is 5.92 Å². The predicted molar refractivity (Wildman–Crippen MR) is 65.9 cm³/mol. The minimum absolute atomic E-state index is 0.00660. The largest absolute Gasteiger partial charge is 0.407 e. The van der Waals surface area contributed by atoms with E-state index in [1.54, 1.807) is 0 Å². The van der Waals surface area contributed by atoms with Gasteiger partial charge in [-0.05, 0) is 18.2 Å². The summed E-state index contributed by atoms with van der Waals surface area (Å²) in [6.45, 7) is 0. The van der Waals surface area contributed by atoms with Gasteiger partial charge in [0.05, 0.1) is 0 Å². The van der Waals surface area contributed by atoms with Crippen LogP contribution in [0.3, 0.4) is 0 Å². The molecule has 0 spiro atoms. The van der Waals surface area contributed by atoms with E-state index in [4.69, 9.17) is 0 Å². The lowest BCUT2D eigenvalue weighted by Gasteiger charge is -2.21. The van der Waals surface area contributed by atoms with E-state index in [0.29, 0.717) is 4.47 Å². The molecule has 0 aliphatic rings. The van der Waals surface area contributed by atoms with Gasteiger partial charge < -0.3 is 4.98 Å². The van der Waals surface area contributed by atoms with E-state index < -0.39 is 29.6 Å². The molecule has 2 aromatic rings. The maximum atomic E-state index is 12.6. The number of carbonyl (C=O) groups is 1. The molecule has 0 fully saturated rings. The summed E-state index contributed by atoms with van der Waals surface area (Å²) >= 11 is 3.05. The van der Waals surface area contributed by atoms with Crippen molar-refractivity contribution in [2.24, 2.45) is 5.92 Å². The average Bonchev–Trinajstić information content (AvgIpc) is 2.67. The van der Waals surface area contributed by atoms with Crippen molar-refractivity contribution < 1.29 is 31.1 Å². The number of nitrogens with one attached hydrogen (secondary N) is 1. The summed E-state index contributed by atoms with van der Waals surface area (Å²) in [5.74, 6) is -6.07. The highest BCUT2D eigenvalue weighted by molar-refractivity contribution is 9.10. The fourth-order valence-corrected chi connectivity index (χ4v) is 2.30. The van der Waals surface area contributed by atoms with Crippen LogP contribution in [0.15, 0.2) is 28.9 Å². The second-order valence-electron chi connectivity index (χ2n) is 4.27. The topological polar surface area (TPSA) is 32.9 Å². The maximum Gasteiger partial charge on any atom is 0.407 e. The standard InChI is InChI=1S/C12H6BrF6NO/c13-5-1-2-8-6(3-5)7(4-20-8)9(21)10(11(14,15)16)12(17,18)19/h1-4,10,20H. The summed E-state index contributed by atoms with van der Waals surface area (Å²) in [7, 11) is 0. The zero-order valence-electron chi connectivity index (χ0n) is 9.94. The van der Waals surface area contributed by atoms with Crippen molar-refractivity contribution >= 4 is 32.6 Å². The SMILES string of the molecule is O=C(c1c[nH]c2ccc(Br)cc12)C(C(F)(F)F)C(F)(F)F. The van der Waals surface area contributed by atoms with E-state index in [1.165, 1.54) is 18.2 Å². The lowest BCUT2D eigenvalue weighted by atomic mass is 9.96. The van der Waals surface area contributed by atoms with Gasteiger partial charge >= 0.3 is 12.4 Å². The summed E-state index contributed by atoms with van der Waals surface area (Å²) in [6, 6.07) is 4.26. The number of carbonyl (C=O) groups excluding carboxylic acids is 1. The number of alkyl halides is 6. The second kappa shape index (κ2) is 5.04. The molecule has 2 nitrogen and oxygen atoms in total. The van der Waals surface area contributed by atoms with Gasteiger partial charge in [-0.25, -0.2) is 0 Å². The molecule has 21 heavy (non-hydrogen) atoms. The van der Waals surface area contributed by atoms with Crippen LogP contribution in [-0.4, -0.2) is 23.1 Å². The number of Topliss-reactive ketones (excluding diaryl/α,β-unsaturated/α-hetero) is 1. The molecule has 0 radical (unpaired) electrons. The molecule has 0 amide bonds. The number of aromatic nitrogens is 1. The number of hydrogen-bond acceptors (Lipinski definition) is 1. The highest BCUT2D eigenvalue weighted by atomic mass is 79.9. The molecule has 1 heterocycles. The molecule has 114 valence electrons. The van der Waals surface area contributed by atoms with Crippen LogP contribution < -0.4 is 0 Å². The number of aromatic amines is 1. The van der Waals surface area contributed by atoms with E-state index in [9.17, 15) is 31.1 Å². The Balaban J connectivity index is 2.57. The zero-order valence-corrected chi connectivity index (χ0v) is 11.5. The van der Waals surface area contributed by atoms with Crippen molar-refractivity contribution in [2.75, 3.05) is 0 Å². The highest BCUT2D eigenvalue weighted by Crippen LogP contribution is 2.42. The molecule has 9 heteroatoms. The Kier molecular flexibility index (Phi) is 3.81. The first-order valence-corrected chi connectivity index (χ1v) is 6.25. The Labute approximate surface area is 122 Å². The maximum absolute atomic E-state index is 12.6. The minimum atomic E-state index is -5.70. The van der Waals surface area contributed by atoms with Gasteiger partial charge in [-0.1, -0.05) is 15.9 Å². The normalized spacial score (nSPS) is 13.1. The molecule has 0 saturated heterocycles. The van der Waals surface area contributed by atoms with Crippen LogP contribution in [0, 0.1) is 5.92 Å². The van der Waals surface area contributed by atoms with E-state index in [1.807, 2.05) is 0 Å². The van der Waals surface area contributed by atoms with E-state index in [-0.39, 0.29) is 10.9 Å². The Bertz CT molecular complexity index is 673. The van der Waals surface area contributed by atoms with Crippen molar-refractivity contribution in [3.05, 3.63) is 34.4 Å². The van der Waals surface area contributed by atoms with Crippen LogP contribution in [0.5, 0.6) is 0 Å². The first-order chi connectivity index (χ1) is 9.51. The Morgan fingerprint density at radius 1 is 1.10 bits per heavy atom. The molecular formula is C12H6BrF6NO. The number of fused-ring (bicyclic) bond motifs is 1. The Morgan fingerprint density at radius 3 is 2.19 bits per heavy atom. The summed E-state index contributed by atoms with van der Waals surface area (Å²) in [4.78, 5) is 14.2. The molecule has 2 rings (SSSR count). The van der Waals surface area contributed by atoms with Crippen LogP contribution >= 0.6 is 15.9 Å². The van der Waals surface area contributed by atoms with Gasteiger partial charge in [0.15, 0.2) is 5.78 Å². The van der Waals surface area contributed by atoms with Crippen molar-refractivity contribution in [1.82, 2.24) is 4.98 Å². The van der Waals surface area contributed by atoms with Gasteiger partial charge in [0.25, 0.3) is 0 Å². The number of halogens is 7. The molecular weight excluding hydrogens is 368 g/mol. The first kappa shape index (κ1) is 15.9. The van der Waals surface area contributed by atoms with E-state index in [2.05, 4.69) is 20.9 Å². The number of H-pyrrole nitrogens is 1. The molecule has 1 N–H and O–H groups in total. The molecule has 0 atom stereocenters. The van der Waals surface area contributed by atoms with Crippen LogP contribution in [0.2, 0.25) is 0 Å². The number of benzene rings is 1. The van der Waals surface area contributed by atoms with Gasteiger partial charge in [-0.15, -0.1) is 0 Å². The number of ketones is 1. The van der Waals surface area contributed by atoms with Crippen LogP contribution in [0.4, 0.5) is 26.3 Å². The third kappa shape index (κ3) is 3.07. The van der Waals surface area contributed by atoms with Crippen molar-refractivity contribution in [3.63, 3.8) is 0 Å².